The van der Waals surface area contributed by atoms with Crippen molar-refractivity contribution in [1.82, 2.24) is 0 Å². The summed E-state index contributed by atoms with van der Waals surface area (Å²) < 4.78 is 2.20. The highest BCUT2D eigenvalue weighted by molar-refractivity contribution is 9.10. The number of hydrogen-bond donors (Lipinski definition) is 1. The zero-order valence-corrected chi connectivity index (χ0v) is 14.2. The first kappa shape index (κ1) is 14.3. The van der Waals surface area contributed by atoms with E-state index in [1.54, 1.807) is 11.3 Å². The van der Waals surface area contributed by atoms with E-state index in [0.29, 0.717) is 6.42 Å². The Balaban J connectivity index is 2.21. The summed E-state index contributed by atoms with van der Waals surface area (Å²) in [7, 11) is 0. The molecular formula is C14H14Br2OS. The predicted octanol–water partition coefficient (Wildman–Crippen LogP) is 5.17. The molecule has 0 amide bonds. The number of benzene rings is 1. The zero-order chi connectivity index (χ0) is 13.3. The molecule has 2 aromatic rings. The first-order valence-corrected chi connectivity index (χ1v) is 8.11. The van der Waals surface area contributed by atoms with Gasteiger partial charge in [-0.3, -0.25) is 0 Å². The highest BCUT2D eigenvalue weighted by Crippen LogP contribution is 2.29. The Morgan fingerprint density at radius 3 is 2.28 bits per heavy atom. The quantitative estimate of drug-likeness (QED) is 0.767. The summed E-state index contributed by atoms with van der Waals surface area (Å²) in [5.74, 6) is 0. The van der Waals surface area contributed by atoms with E-state index < -0.39 is 6.10 Å². The van der Waals surface area contributed by atoms with Gasteiger partial charge in [-0.15, -0.1) is 11.3 Å². The molecule has 1 aromatic carbocycles. The standard InChI is InChI=1S/C14H14Br2OS/c1-8-3-10(4-9(2)14(8)16)13(17)6-12-5-11(15)7-18-12/h3-5,7,13,17H,6H2,1-2H3. The van der Waals surface area contributed by atoms with E-state index in [2.05, 4.69) is 51.8 Å². The molecule has 1 N–H and O–H groups in total. The average molecular weight is 390 g/mol. The van der Waals surface area contributed by atoms with Crippen LogP contribution >= 0.6 is 43.2 Å². The molecule has 1 heterocycles. The molecule has 0 spiro atoms. The van der Waals surface area contributed by atoms with Crippen LogP contribution in [0.2, 0.25) is 0 Å². The second kappa shape index (κ2) is 5.87. The van der Waals surface area contributed by atoms with Crippen LogP contribution in [0.25, 0.3) is 0 Å². The number of rotatable bonds is 3. The van der Waals surface area contributed by atoms with Gasteiger partial charge in [0.15, 0.2) is 0 Å². The van der Waals surface area contributed by atoms with Crippen LogP contribution in [0.15, 0.2) is 32.5 Å². The minimum atomic E-state index is -0.443. The molecule has 0 saturated carbocycles. The van der Waals surface area contributed by atoms with Crippen molar-refractivity contribution in [3.05, 3.63) is 54.1 Å². The molecule has 0 aliphatic carbocycles. The molecule has 4 heteroatoms. The van der Waals surface area contributed by atoms with Crippen LogP contribution in [0.1, 0.15) is 27.7 Å². The minimum absolute atomic E-state index is 0.443. The molecule has 0 saturated heterocycles. The lowest BCUT2D eigenvalue weighted by Crippen LogP contribution is -2.02. The zero-order valence-electron chi connectivity index (χ0n) is 10.2. The van der Waals surface area contributed by atoms with Crippen molar-refractivity contribution in [2.75, 3.05) is 0 Å². The summed E-state index contributed by atoms with van der Waals surface area (Å²) in [6.07, 6.45) is 0.220. The Kier molecular flexibility index (Phi) is 4.64. The van der Waals surface area contributed by atoms with E-state index in [-0.39, 0.29) is 0 Å². The fraction of sp³-hybridized carbons (Fsp3) is 0.286. The topological polar surface area (TPSA) is 20.2 Å². The van der Waals surface area contributed by atoms with Gasteiger partial charge in [-0.25, -0.2) is 0 Å². The molecule has 18 heavy (non-hydrogen) atoms. The average Bonchev–Trinajstić information content (AvgIpc) is 2.71. The monoisotopic (exact) mass is 388 g/mol. The molecule has 0 fully saturated rings. The van der Waals surface area contributed by atoms with Gasteiger partial charge in [0, 0.05) is 25.6 Å². The highest BCUT2D eigenvalue weighted by Gasteiger charge is 2.12. The summed E-state index contributed by atoms with van der Waals surface area (Å²) in [5.41, 5.74) is 3.31. The molecule has 2 rings (SSSR count). The van der Waals surface area contributed by atoms with Gasteiger partial charge in [0.1, 0.15) is 0 Å². The van der Waals surface area contributed by atoms with Crippen molar-refractivity contribution in [3.63, 3.8) is 0 Å². The summed E-state index contributed by atoms with van der Waals surface area (Å²) >= 11 is 8.65. The van der Waals surface area contributed by atoms with E-state index in [9.17, 15) is 5.11 Å². The summed E-state index contributed by atoms with van der Waals surface area (Å²) in [6, 6.07) is 6.15. The largest absolute Gasteiger partial charge is 0.388 e. The summed E-state index contributed by atoms with van der Waals surface area (Å²) in [4.78, 5) is 1.19. The van der Waals surface area contributed by atoms with Crippen LogP contribution in [0, 0.1) is 13.8 Å². The third-order valence-corrected chi connectivity index (χ3v) is 5.83. The number of aliphatic hydroxyl groups is 1. The molecule has 96 valence electrons. The first-order chi connectivity index (χ1) is 8.47. The maximum absolute atomic E-state index is 10.3. The molecule has 0 bridgehead atoms. The van der Waals surface area contributed by atoms with Crippen LogP contribution in [0.3, 0.4) is 0 Å². The van der Waals surface area contributed by atoms with Gasteiger partial charge in [0.05, 0.1) is 6.10 Å². The lowest BCUT2D eigenvalue weighted by atomic mass is 10.0. The normalized spacial score (nSPS) is 12.7. The van der Waals surface area contributed by atoms with Crippen molar-refractivity contribution >= 4 is 43.2 Å². The van der Waals surface area contributed by atoms with Crippen LogP contribution in [-0.2, 0) is 6.42 Å². The Morgan fingerprint density at radius 2 is 1.78 bits per heavy atom. The lowest BCUT2D eigenvalue weighted by Gasteiger charge is -2.13. The van der Waals surface area contributed by atoms with Gasteiger partial charge in [-0.1, -0.05) is 28.1 Å². The van der Waals surface area contributed by atoms with E-state index >= 15 is 0 Å². The number of aliphatic hydroxyl groups excluding tert-OH is 1. The Labute approximate surface area is 128 Å². The third kappa shape index (κ3) is 3.23. The van der Waals surface area contributed by atoms with Gasteiger partial charge >= 0.3 is 0 Å². The Hall–Kier alpha value is -0.160. The third-order valence-electron chi connectivity index (χ3n) is 2.86. The van der Waals surface area contributed by atoms with Crippen LogP contribution < -0.4 is 0 Å². The fourth-order valence-electron chi connectivity index (χ4n) is 1.94. The van der Waals surface area contributed by atoms with Crippen LogP contribution in [0.5, 0.6) is 0 Å². The van der Waals surface area contributed by atoms with Crippen LogP contribution in [-0.4, -0.2) is 5.11 Å². The van der Waals surface area contributed by atoms with E-state index in [0.717, 1.165) is 25.6 Å². The molecular weight excluding hydrogens is 376 g/mol. The second-order valence-electron chi connectivity index (χ2n) is 4.42. The molecule has 0 radical (unpaired) electrons. The maximum atomic E-state index is 10.3. The molecule has 1 atom stereocenters. The molecule has 0 aliphatic heterocycles. The van der Waals surface area contributed by atoms with Gasteiger partial charge in [0.2, 0.25) is 0 Å². The Morgan fingerprint density at radius 1 is 1.17 bits per heavy atom. The van der Waals surface area contributed by atoms with Crippen molar-refractivity contribution in [2.24, 2.45) is 0 Å². The summed E-state index contributed by atoms with van der Waals surface area (Å²) in [6.45, 7) is 4.10. The maximum Gasteiger partial charge on any atom is 0.0838 e. The van der Waals surface area contributed by atoms with Gasteiger partial charge in [0.25, 0.3) is 0 Å². The fourth-order valence-corrected chi connectivity index (χ4v) is 3.66. The predicted molar refractivity (Wildman–Crippen MR) is 84.3 cm³/mol. The van der Waals surface area contributed by atoms with Crippen molar-refractivity contribution < 1.29 is 5.11 Å². The molecule has 1 unspecified atom stereocenters. The van der Waals surface area contributed by atoms with E-state index in [1.807, 2.05) is 17.5 Å². The van der Waals surface area contributed by atoms with Gasteiger partial charge in [-0.05, 0) is 52.5 Å². The number of aryl methyl sites for hydroxylation is 2. The molecule has 0 aliphatic rings. The van der Waals surface area contributed by atoms with Crippen LogP contribution in [0.4, 0.5) is 0 Å². The number of hydrogen-bond acceptors (Lipinski definition) is 2. The SMILES string of the molecule is Cc1cc(C(O)Cc2cc(Br)cs2)cc(C)c1Br. The lowest BCUT2D eigenvalue weighted by molar-refractivity contribution is 0.179. The van der Waals surface area contributed by atoms with Crippen molar-refractivity contribution in [3.8, 4) is 0 Å². The highest BCUT2D eigenvalue weighted by atomic mass is 79.9. The smallest absolute Gasteiger partial charge is 0.0838 e. The number of thiophene rings is 1. The molecule has 1 nitrogen and oxygen atoms in total. The van der Waals surface area contributed by atoms with Crippen molar-refractivity contribution in [1.29, 1.82) is 0 Å². The van der Waals surface area contributed by atoms with Gasteiger partial charge in [-0.2, -0.15) is 0 Å². The first-order valence-electron chi connectivity index (χ1n) is 5.65. The Bertz CT molecular complexity index is 540. The van der Waals surface area contributed by atoms with E-state index in [1.165, 1.54) is 4.88 Å². The molecule has 1 aromatic heterocycles. The van der Waals surface area contributed by atoms with Gasteiger partial charge < -0.3 is 5.11 Å². The number of halogens is 2. The second-order valence-corrected chi connectivity index (χ2v) is 7.12. The summed E-state index contributed by atoms with van der Waals surface area (Å²) in [5, 5.41) is 12.3. The van der Waals surface area contributed by atoms with Crippen molar-refractivity contribution in [2.45, 2.75) is 26.4 Å². The minimum Gasteiger partial charge on any atom is -0.388 e. The van der Waals surface area contributed by atoms with E-state index in [4.69, 9.17) is 0 Å².